The van der Waals surface area contributed by atoms with E-state index in [-0.39, 0.29) is 11.9 Å². The molecule has 1 aliphatic carbocycles. The second-order valence-corrected chi connectivity index (χ2v) is 7.04. The summed E-state index contributed by atoms with van der Waals surface area (Å²) >= 11 is 0. The number of benzene rings is 1. The molecule has 0 bridgehead atoms. The Morgan fingerprint density at radius 1 is 1.29 bits per heavy atom. The molecule has 0 spiro atoms. The smallest absolute Gasteiger partial charge is 0.224 e. The summed E-state index contributed by atoms with van der Waals surface area (Å²) in [7, 11) is -0.949. The number of carbonyl (C=O) groups is 1. The van der Waals surface area contributed by atoms with Crippen LogP contribution in [-0.4, -0.2) is 22.1 Å². The Hall–Kier alpha value is -1.42. The van der Waals surface area contributed by atoms with Gasteiger partial charge < -0.3 is 5.32 Å². The van der Waals surface area contributed by atoms with Crippen LogP contribution in [0.3, 0.4) is 0 Å². The van der Waals surface area contributed by atoms with Crippen LogP contribution in [0.2, 0.25) is 0 Å². The first-order valence-electron chi connectivity index (χ1n) is 7.47. The molecule has 2 atom stereocenters. The summed E-state index contributed by atoms with van der Waals surface area (Å²) in [6, 6.07) is 9.59. The fraction of sp³-hybridized carbons (Fsp3) is 0.471. The maximum absolute atomic E-state index is 12.2. The lowest BCUT2D eigenvalue weighted by Gasteiger charge is -2.19. The summed E-state index contributed by atoms with van der Waals surface area (Å²) < 4.78 is 11.5. The molecule has 2 rings (SSSR count). The predicted molar refractivity (Wildman–Crippen MR) is 87.4 cm³/mol. The molecule has 0 aliphatic heterocycles. The molecule has 0 aromatic heterocycles. The normalized spacial score (nSPS) is 17.7. The molecule has 1 aliphatic rings. The zero-order valence-electron chi connectivity index (χ0n) is 12.5. The zero-order chi connectivity index (χ0) is 15.1. The average Bonchev–Trinajstić information content (AvgIpc) is 2.48. The molecule has 0 radical (unpaired) electrons. The van der Waals surface area contributed by atoms with Crippen molar-refractivity contribution in [3.8, 4) is 0 Å². The minimum Gasteiger partial charge on any atom is -0.348 e. The van der Waals surface area contributed by atoms with Crippen molar-refractivity contribution in [3.05, 3.63) is 47.5 Å². The van der Waals surface area contributed by atoms with Gasteiger partial charge in [-0.05, 0) is 31.2 Å². The third-order valence-electron chi connectivity index (χ3n) is 3.71. The Labute approximate surface area is 129 Å². The Morgan fingerprint density at radius 3 is 2.67 bits per heavy atom. The van der Waals surface area contributed by atoms with Crippen LogP contribution < -0.4 is 5.32 Å². The molecule has 0 fully saturated rings. The number of amides is 1. The summed E-state index contributed by atoms with van der Waals surface area (Å²) in [5.41, 5.74) is 2.25. The lowest BCUT2D eigenvalue weighted by atomic mass is 9.97. The fourth-order valence-corrected chi connectivity index (χ4v) is 3.40. The molecule has 0 saturated heterocycles. The molecule has 3 nitrogen and oxygen atoms in total. The summed E-state index contributed by atoms with van der Waals surface area (Å²) in [5, 5.41) is 3.04. The first-order valence-corrected chi connectivity index (χ1v) is 9.20. The van der Waals surface area contributed by atoms with Crippen molar-refractivity contribution in [2.75, 3.05) is 12.0 Å². The Kier molecular flexibility index (Phi) is 6.18. The van der Waals surface area contributed by atoms with Gasteiger partial charge in [0, 0.05) is 29.2 Å². The third-order valence-corrected chi connectivity index (χ3v) is 4.51. The number of carbonyl (C=O) groups excluding carboxylic acids is 1. The third kappa shape index (κ3) is 5.46. The molecule has 1 N–H and O–H groups in total. The van der Waals surface area contributed by atoms with Gasteiger partial charge in [-0.25, -0.2) is 0 Å². The van der Waals surface area contributed by atoms with E-state index in [4.69, 9.17) is 0 Å². The van der Waals surface area contributed by atoms with Gasteiger partial charge in [0.1, 0.15) is 0 Å². The van der Waals surface area contributed by atoms with Gasteiger partial charge in [0.05, 0.1) is 6.04 Å². The molecule has 1 amide bonds. The van der Waals surface area contributed by atoms with Crippen molar-refractivity contribution in [3.63, 3.8) is 0 Å². The van der Waals surface area contributed by atoms with Gasteiger partial charge >= 0.3 is 0 Å². The van der Waals surface area contributed by atoms with Crippen molar-refractivity contribution < 1.29 is 9.00 Å². The molecule has 114 valence electrons. The minimum absolute atomic E-state index is 0.0300. The summed E-state index contributed by atoms with van der Waals surface area (Å²) in [6.07, 6.45) is 8.86. The molecule has 0 unspecified atom stereocenters. The van der Waals surface area contributed by atoms with Crippen molar-refractivity contribution >= 4 is 16.7 Å². The van der Waals surface area contributed by atoms with E-state index in [9.17, 15) is 9.00 Å². The zero-order valence-corrected chi connectivity index (χ0v) is 13.3. The summed E-state index contributed by atoms with van der Waals surface area (Å²) in [4.78, 5) is 12.2. The van der Waals surface area contributed by atoms with Crippen LogP contribution in [0.1, 0.15) is 43.7 Å². The lowest BCUT2D eigenvalue weighted by Crippen LogP contribution is -2.32. The van der Waals surface area contributed by atoms with E-state index in [2.05, 4.69) is 11.4 Å². The second kappa shape index (κ2) is 8.13. The highest BCUT2D eigenvalue weighted by atomic mass is 32.2. The van der Waals surface area contributed by atoms with Crippen molar-refractivity contribution in [2.24, 2.45) is 0 Å². The number of rotatable bonds is 6. The van der Waals surface area contributed by atoms with Crippen LogP contribution in [0.25, 0.3) is 0 Å². The molecule has 0 heterocycles. The van der Waals surface area contributed by atoms with E-state index in [1.165, 1.54) is 18.4 Å². The average molecular weight is 305 g/mol. The van der Waals surface area contributed by atoms with E-state index in [0.717, 1.165) is 18.4 Å². The largest absolute Gasteiger partial charge is 0.348 e. The number of hydrogen-bond donors (Lipinski definition) is 1. The number of nitrogens with one attached hydrogen (secondary N) is 1. The van der Waals surface area contributed by atoms with Gasteiger partial charge in [-0.2, -0.15) is 0 Å². The first-order chi connectivity index (χ1) is 10.1. The molecule has 1 aromatic carbocycles. The van der Waals surface area contributed by atoms with Crippen LogP contribution >= 0.6 is 0 Å². The number of allylic oxidation sites excluding steroid dienone is 1. The van der Waals surface area contributed by atoms with Crippen molar-refractivity contribution in [1.82, 2.24) is 5.32 Å². The first kappa shape index (κ1) is 16.0. The van der Waals surface area contributed by atoms with Crippen LogP contribution in [0.5, 0.6) is 0 Å². The van der Waals surface area contributed by atoms with Gasteiger partial charge in [0.15, 0.2) is 0 Å². The van der Waals surface area contributed by atoms with Gasteiger partial charge in [0.25, 0.3) is 0 Å². The van der Waals surface area contributed by atoms with Gasteiger partial charge in [0.2, 0.25) is 5.91 Å². The van der Waals surface area contributed by atoms with E-state index in [0.29, 0.717) is 12.2 Å². The monoisotopic (exact) mass is 305 g/mol. The Morgan fingerprint density at radius 2 is 2.05 bits per heavy atom. The Balaban J connectivity index is 1.99. The van der Waals surface area contributed by atoms with E-state index >= 15 is 0 Å². The summed E-state index contributed by atoms with van der Waals surface area (Å²) in [6.45, 7) is 0. The summed E-state index contributed by atoms with van der Waals surface area (Å²) in [5.74, 6) is 0.483. The fourth-order valence-electron chi connectivity index (χ4n) is 2.66. The van der Waals surface area contributed by atoms with Gasteiger partial charge in [-0.3, -0.25) is 9.00 Å². The van der Waals surface area contributed by atoms with Crippen molar-refractivity contribution in [1.29, 1.82) is 0 Å². The minimum atomic E-state index is -0.949. The van der Waals surface area contributed by atoms with Crippen LogP contribution in [0, 0.1) is 0 Å². The Bertz CT molecular complexity index is 525. The topological polar surface area (TPSA) is 46.2 Å². The van der Waals surface area contributed by atoms with E-state index in [1.807, 2.05) is 30.3 Å². The standard InChI is InChI=1S/C17H23NO2S/c1-21(20)13-16(15-10-6-3-7-11-15)18-17(19)12-14-8-4-2-5-9-14/h3,6-8,10-11,16H,2,4-5,9,12-13H2,1H3,(H,18,19)/t16-,21+/m0/s1. The van der Waals surface area contributed by atoms with Crippen LogP contribution in [0.15, 0.2) is 42.0 Å². The van der Waals surface area contributed by atoms with E-state index in [1.54, 1.807) is 6.26 Å². The number of hydrogen-bond acceptors (Lipinski definition) is 2. The quantitative estimate of drug-likeness (QED) is 0.821. The molecule has 4 heteroatoms. The molecule has 1 aromatic rings. The highest BCUT2D eigenvalue weighted by molar-refractivity contribution is 7.84. The predicted octanol–water partition coefficient (Wildman–Crippen LogP) is 3.11. The van der Waals surface area contributed by atoms with E-state index < -0.39 is 10.8 Å². The van der Waals surface area contributed by atoms with Crippen LogP contribution in [0.4, 0.5) is 0 Å². The van der Waals surface area contributed by atoms with Crippen LogP contribution in [-0.2, 0) is 15.6 Å². The van der Waals surface area contributed by atoms with Gasteiger partial charge in [-0.15, -0.1) is 0 Å². The highest BCUT2D eigenvalue weighted by Crippen LogP contribution is 2.21. The lowest BCUT2D eigenvalue weighted by molar-refractivity contribution is -0.121. The maximum atomic E-state index is 12.2. The van der Waals surface area contributed by atoms with Crippen molar-refractivity contribution in [2.45, 2.75) is 38.1 Å². The SMILES string of the molecule is C[S@@](=O)C[C@H](NC(=O)CC1=CCCCC1)c1ccccc1. The molecule has 21 heavy (non-hydrogen) atoms. The van der Waals surface area contributed by atoms with Gasteiger partial charge in [-0.1, -0.05) is 42.0 Å². The highest BCUT2D eigenvalue weighted by Gasteiger charge is 2.17. The molecular weight excluding hydrogens is 282 g/mol. The molecule has 0 saturated carbocycles. The maximum Gasteiger partial charge on any atom is 0.224 e. The molecular formula is C17H23NO2S. The second-order valence-electron chi connectivity index (χ2n) is 5.56.